The lowest BCUT2D eigenvalue weighted by Crippen LogP contribution is -1.99. The minimum atomic E-state index is 0.198. The third-order valence-corrected chi connectivity index (χ3v) is 2.92. The lowest BCUT2D eigenvalue weighted by molar-refractivity contribution is 0.112. The summed E-state index contributed by atoms with van der Waals surface area (Å²) >= 11 is 0. The van der Waals surface area contributed by atoms with Crippen LogP contribution in [0.5, 0.6) is 5.75 Å². The largest absolute Gasteiger partial charge is 0.508 e. The van der Waals surface area contributed by atoms with E-state index in [-0.39, 0.29) is 5.75 Å². The number of aldehydes is 1. The van der Waals surface area contributed by atoms with Gasteiger partial charge in [-0.15, -0.1) is 0 Å². The first kappa shape index (κ1) is 10.7. The molecule has 0 aliphatic carbocycles. The lowest BCUT2D eigenvalue weighted by Gasteiger charge is -2.05. The van der Waals surface area contributed by atoms with Crippen LogP contribution < -0.4 is 0 Å². The molecule has 0 spiro atoms. The number of aryl methyl sites for hydroxylation is 1. The number of benzene rings is 1. The summed E-state index contributed by atoms with van der Waals surface area (Å²) in [4.78, 5) is 11.1. The molecule has 2 aromatic rings. The Kier molecular flexibility index (Phi) is 2.69. The van der Waals surface area contributed by atoms with E-state index in [1.165, 1.54) is 0 Å². The molecule has 1 aromatic carbocycles. The molecule has 1 N–H and O–H groups in total. The number of aromatic hydroxyl groups is 1. The van der Waals surface area contributed by atoms with Gasteiger partial charge in [0.05, 0.1) is 0 Å². The lowest BCUT2D eigenvalue weighted by atomic mass is 10.1. The van der Waals surface area contributed by atoms with Crippen LogP contribution >= 0.6 is 0 Å². The molecule has 0 radical (unpaired) electrons. The zero-order valence-corrected chi connectivity index (χ0v) is 9.53. The van der Waals surface area contributed by atoms with E-state index >= 15 is 0 Å². The van der Waals surface area contributed by atoms with Crippen molar-refractivity contribution in [3.63, 3.8) is 0 Å². The first-order chi connectivity index (χ1) is 7.69. The molecule has 3 nitrogen and oxygen atoms in total. The Balaban J connectivity index is 2.80. The summed E-state index contributed by atoms with van der Waals surface area (Å²) in [7, 11) is 0. The third kappa shape index (κ3) is 1.48. The number of aromatic nitrogens is 1. The smallest absolute Gasteiger partial charge is 0.152 e. The van der Waals surface area contributed by atoms with Gasteiger partial charge in [-0.25, -0.2) is 0 Å². The van der Waals surface area contributed by atoms with Crippen LogP contribution in [0.2, 0.25) is 0 Å². The number of phenolic OH excluding ortho intramolecular Hbond substituents is 1. The standard InChI is InChI=1S/C13H15NO2/c1-3-6-14-9(2)12(8-15)11-7-10(16)4-5-13(11)14/h4-5,7-8,16H,3,6H2,1-2H3. The monoisotopic (exact) mass is 217 g/mol. The van der Waals surface area contributed by atoms with E-state index < -0.39 is 0 Å². The second-order valence-electron chi connectivity index (χ2n) is 3.97. The number of carbonyl (C=O) groups is 1. The molecule has 1 heterocycles. The van der Waals surface area contributed by atoms with E-state index in [0.29, 0.717) is 5.56 Å². The normalized spacial score (nSPS) is 10.9. The summed E-state index contributed by atoms with van der Waals surface area (Å²) in [5, 5.41) is 10.3. The Bertz CT molecular complexity index is 540. The van der Waals surface area contributed by atoms with Crippen molar-refractivity contribution in [1.29, 1.82) is 0 Å². The van der Waals surface area contributed by atoms with E-state index in [1.807, 2.05) is 13.0 Å². The summed E-state index contributed by atoms with van der Waals surface area (Å²) in [6.45, 7) is 4.93. The van der Waals surface area contributed by atoms with Crippen LogP contribution in [0, 0.1) is 6.92 Å². The maximum Gasteiger partial charge on any atom is 0.152 e. The molecule has 1 aromatic heterocycles. The first-order valence-corrected chi connectivity index (χ1v) is 5.46. The summed E-state index contributed by atoms with van der Waals surface area (Å²) < 4.78 is 2.12. The maximum absolute atomic E-state index is 11.1. The van der Waals surface area contributed by atoms with Gasteiger partial charge < -0.3 is 9.67 Å². The number of hydrogen-bond acceptors (Lipinski definition) is 2. The minimum absolute atomic E-state index is 0.198. The predicted octanol–water partition coefficient (Wildman–Crippen LogP) is 2.88. The molecule has 2 rings (SSSR count). The van der Waals surface area contributed by atoms with Crippen molar-refractivity contribution >= 4 is 17.2 Å². The van der Waals surface area contributed by atoms with E-state index in [1.54, 1.807) is 12.1 Å². The molecule has 0 aliphatic heterocycles. The highest BCUT2D eigenvalue weighted by molar-refractivity contribution is 5.99. The van der Waals surface area contributed by atoms with E-state index in [0.717, 1.165) is 35.8 Å². The number of hydrogen-bond donors (Lipinski definition) is 1. The zero-order chi connectivity index (χ0) is 11.7. The molecule has 0 atom stereocenters. The van der Waals surface area contributed by atoms with Gasteiger partial charge in [-0.2, -0.15) is 0 Å². The topological polar surface area (TPSA) is 42.2 Å². The summed E-state index contributed by atoms with van der Waals surface area (Å²) in [6.07, 6.45) is 1.88. The molecular weight excluding hydrogens is 202 g/mol. The summed E-state index contributed by atoms with van der Waals surface area (Å²) in [6, 6.07) is 5.17. The van der Waals surface area contributed by atoms with Crippen molar-refractivity contribution in [2.24, 2.45) is 0 Å². The highest BCUT2D eigenvalue weighted by Crippen LogP contribution is 2.27. The van der Waals surface area contributed by atoms with Crippen LogP contribution in [-0.4, -0.2) is 16.0 Å². The van der Waals surface area contributed by atoms with Crippen LogP contribution in [0.25, 0.3) is 10.9 Å². The van der Waals surface area contributed by atoms with Gasteiger partial charge >= 0.3 is 0 Å². The molecular formula is C13H15NO2. The summed E-state index contributed by atoms with van der Waals surface area (Å²) in [5.41, 5.74) is 2.66. The van der Waals surface area contributed by atoms with Crippen LogP contribution in [-0.2, 0) is 6.54 Å². The van der Waals surface area contributed by atoms with Crippen LogP contribution in [0.1, 0.15) is 29.4 Å². The van der Waals surface area contributed by atoms with Crippen molar-refractivity contribution in [1.82, 2.24) is 4.57 Å². The molecule has 84 valence electrons. The van der Waals surface area contributed by atoms with Crippen molar-refractivity contribution in [3.8, 4) is 5.75 Å². The maximum atomic E-state index is 11.1. The van der Waals surface area contributed by atoms with Gasteiger partial charge in [0, 0.05) is 28.7 Å². The number of fused-ring (bicyclic) bond motifs is 1. The second kappa shape index (κ2) is 4.00. The average Bonchev–Trinajstić information content (AvgIpc) is 2.52. The highest BCUT2D eigenvalue weighted by atomic mass is 16.3. The van der Waals surface area contributed by atoms with Crippen LogP contribution in [0.3, 0.4) is 0 Å². The van der Waals surface area contributed by atoms with E-state index in [2.05, 4.69) is 11.5 Å². The second-order valence-corrected chi connectivity index (χ2v) is 3.97. The quantitative estimate of drug-likeness (QED) is 0.803. The molecule has 3 heteroatoms. The Labute approximate surface area is 94.3 Å². The Morgan fingerprint density at radius 1 is 1.44 bits per heavy atom. The highest BCUT2D eigenvalue weighted by Gasteiger charge is 2.13. The zero-order valence-electron chi connectivity index (χ0n) is 9.53. The SMILES string of the molecule is CCCn1c(C)c(C=O)c2cc(O)ccc21. The number of phenols is 1. The molecule has 0 unspecified atom stereocenters. The predicted molar refractivity (Wildman–Crippen MR) is 64.0 cm³/mol. The fourth-order valence-corrected chi connectivity index (χ4v) is 2.16. The fraction of sp³-hybridized carbons (Fsp3) is 0.308. The van der Waals surface area contributed by atoms with Gasteiger partial charge in [0.15, 0.2) is 6.29 Å². The van der Waals surface area contributed by atoms with Crippen molar-refractivity contribution in [3.05, 3.63) is 29.5 Å². The van der Waals surface area contributed by atoms with Gasteiger partial charge in [-0.3, -0.25) is 4.79 Å². The molecule has 0 saturated carbocycles. The Morgan fingerprint density at radius 2 is 2.19 bits per heavy atom. The molecule has 16 heavy (non-hydrogen) atoms. The van der Waals surface area contributed by atoms with Crippen molar-refractivity contribution in [2.45, 2.75) is 26.8 Å². The first-order valence-electron chi connectivity index (χ1n) is 5.46. The molecule has 0 amide bonds. The van der Waals surface area contributed by atoms with E-state index in [9.17, 15) is 9.90 Å². The van der Waals surface area contributed by atoms with Gasteiger partial charge in [-0.05, 0) is 31.5 Å². The van der Waals surface area contributed by atoms with Gasteiger partial charge in [0.25, 0.3) is 0 Å². The van der Waals surface area contributed by atoms with Gasteiger partial charge in [0.1, 0.15) is 5.75 Å². The van der Waals surface area contributed by atoms with Gasteiger partial charge in [-0.1, -0.05) is 6.92 Å². The van der Waals surface area contributed by atoms with E-state index in [4.69, 9.17) is 0 Å². The Morgan fingerprint density at radius 3 is 2.81 bits per heavy atom. The van der Waals surface area contributed by atoms with Gasteiger partial charge in [0.2, 0.25) is 0 Å². The van der Waals surface area contributed by atoms with Crippen LogP contribution in [0.15, 0.2) is 18.2 Å². The number of carbonyl (C=O) groups excluding carboxylic acids is 1. The van der Waals surface area contributed by atoms with Crippen LogP contribution in [0.4, 0.5) is 0 Å². The summed E-state index contributed by atoms with van der Waals surface area (Å²) in [5.74, 6) is 0.198. The average molecular weight is 217 g/mol. The number of nitrogens with zero attached hydrogens (tertiary/aromatic N) is 1. The molecule has 0 aliphatic rings. The third-order valence-electron chi connectivity index (χ3n) is 2.92. The molecule has 0 fully saturated rings. The molecule has 0 bridgehead atoms. The number of rotatable bonds is 3. The fourth-order valence-electron chi connectivity index (χ4n) is 2.16. The van der Waals surface area contributed by atoms with Crippen molar-refractivity contribution < 1.29 is 9.90 Å². The Hall–Kier alpha value is -1.77. The molecule has 0 saturated heterocycles. The van der Waals surface area contributed by atoms with Crippen molar-refractivity contribution in [2.75, 3.05) is 0 Å². The minimum Gasteiger partial charge on any atom is -0.508 e.